The van der Waals surface area contributed by atoms with E-state index < -0.39 is 27.1 Å². The van der Waals surface area contributed by atoms with Gasteiger partial charge in [0.2, 0.25) is 0 Å². The van der Waals surface area contributed by atoms with E-state index >= 15 is 0 Å². The minimum absolute atomic E-state index is 0.110. The number of halogens is 2. The molecule has 0 aliphatic rings. The van der Waals surface area contributed by atoms with Gasteiger partial charge in [0.25, 0.3) is 15.6 Å². The Hall–Kier alpha value is -3.74. The number of thiophene rings is 1. The Balaban J connectivity index is 1.44. The van der Waals surface area contributed by atoms with Gasteiger partial charge >= 0.3 is 5.69 Å². The number of aromatic amines is 1. The Kier molecular flexibility index (Phi) is 7.92. The second-order valence-corrected chi connectivity index (χ2v) is 12.8. The van der Waals surface area contributed by atoms with Gasteiger partial charge in [-0.1, -0.05) is 55.3 Å². The maximum Gasteiger partial charge on any atom is 0.333 e. The third kappa shape index (κ3) is 5.74. The summed E-state index contributed by atoms with van der Waals surface area (Å²) in [7, 11) is -3.76. The number of nitrogens with zero attached hydrogens (tertiary/aromatic N) is 3. The molecular weight excluding hydrogens is 577 g/mol. The van der Waals surface area contributed by atoms with Gasteiger partial charge in [-0.25, -0.2) is 22.6 Å². The Morgan fingerprint density at radius 1 is 1.05 bits per heavy atom. The standard InChI is InChI=1S/C27H25ClFN5O4S2/c1-2-3-14-33-25-24(26(35)34(27(33)36)16-18-6-4-5-7-20(18)29)30-22(31-25)15-17-8-10-19(11-9-17)32-40(37,38)23-13-12-21(28)39-23/h4-13,32H,2-3,14-16H2,1H3,(H,30,31). The molecule has 13 heteroatoms. The first-order valence-corrected chi connectivity index (χ1v) is 15.2. The predicted molar refractivity (Wildman–Crippen MR) is 154 cm³/mol. The van der Waals surface area contributed by atoms with Crippen LogP contribution in [-0.2, 0) is 29.5 Å². The Bertz CT molecular complexity index is 1910. The predicted octanol–water partition coefficient (Wildman–Crippen LogP) is 4.98. The lowest BCUT2D eigenvalue weighted by atomic mass is 10.1. The van der Waals surface area contributed by atoms with Crippen molar-refractivity contribution in [2.75, 3.05) is 4.72 Å². The number of nitrogens with one attached hydrogen (secondary N) is 2. The van der Waals surface area contributed by atoms with Crippen molar-refractivity contribution in [3.8, 4) is 0 Å². The highest BCUT2D eigenvalue weighted by molar-refractivity contribution is 7.94. The number of H-pyrrole nitrogens is 1. The van der Waals surface area contributed by atoms with Crippen LogP contribution in [0.3, 0.4) is 0 Å². The van der Waals surface area contributed by atoms with Crippen LogP contribution < -0.4 is 16.0 Å². The number of anilines is 1. The number of benzene rings is 2. The molecule has 0 saturated heterocycles. The van der Waals surface area contributed by atoms with Crippen LogP contribution in [0.5, 0.6) is 0 Å². The third-order valence-electron chi connectivity index (χ3n) is 6.32. The zero-order chi connectivity index (χ0) is 28.4. The monoisotopic (exact) mass is 601 g/mol. The van der Waals surface area contributed by atoms with Gasteiger partial charge in [0.1, 0.15) is 21.4 Å². The first-order valence-electron chi connectivity index (χ1n) is 12.5. The van der Waals surface area contributed by atoms with Crippen molar-refractivity contribution < 1.29 is 12.8 Å². The summed E-state index contributed by atoms with van der Waals surface area (Å²) in [6, 6.07) is 15.7. The van der Waals surface area contributed by atoms with Gasteiger partial charge in [-0.2, -0.15) is 0 Å². The molecule has 0 unspecified atom stereocenters. The minimum Gasteiger partial charge on any atom is -0.336 e. The largest absolute Gasteiger partial charge is 0.336 e. The Morgan fingerprint density at radius 2 is 1.80 bits per heavy atom. The summed E-state index contributed by atoms with van der Waals surface area (Å²) in [6.45, 7) is 2.15. The van der Waals surface area contributed by atoms with Crippen LogP contribution in [0.15, 0.2) is 74.5 Å². The fourth-order valence-corrected chi connectivity index (χ4v) is 6.83. The fourth-order valence-electron chi connectivity index (χ4n) is 4.28. The summed E-state index contributed by atoms with van der Waals surface area (Å²) >= 11 is 6.83. The number of sulfonamides is 1. The maximum absolute atomic E-state index is 14.3. The third-order valence-corrected chi connectivity index (χ3v) is 9.43. The summed E-state index contributed by atoms with van der Waals surface area (Å²) in [6.07, 6.45) is 1.83. The molecule has 0 spiro atoms. The molecule has 5 aromatic rings. The highest BCUT2D eigenvalue weighted by Crippen LogP contribution is 2.27. The second kappa shape index (κ2) is 11.4. The molecule has 208 valence electrons. The maximum atomic E-state index is 14.3. The van der Waals surface area contributed by atoms with E-state index in [0.717, 1.165) is 27.9 Å². The number of aryl methyl sites for hydroxylation is 1. The van der Waals surface area contributed by atoms with Gasteiger partial charge in [-0.3, -0.25) is 18.7 Å². The number of hydrogen-bond acceptors (Lipinski definition) is 6. The molecule has 3 heterocycles. The highest BCUT2D eigenvalue weighted by Gasteiger charge is 2.19. The Labute approximate surface area is 238 Å². The summed E-state index contributed by atoms with van der Waals surface area (Å²) in [5.74, 6) is -0.0359. The van der Waals surface area contributed by atoms with Gasteiger partial charge in [-0.05, 0) is 42.3 Å². The van der Waals surface area contributed by atoms with Crippen molar-refractivity contribution >= 4 is 49.8 Å². The van der Waals surface area contributed by atoms with Gasteiger partial charge in [0, 0.05) is 24.2 Å². The molecule has 0 atom stereocenters. The lowest BCUT2D eigenvalue weighted by molar-refractivity contribution is 0.553. The number of fused-ring (bicyclic) bond motifs is 1. The van der Waals surface area contributed by atoms with E-state index in [4.69, 9.17) is 11.6 Å². The van der Waals surface area contributed by atoms with Crippen molar-refractivity contribution in [1.82, 2.24) is 19.1 Å². The van der Waals surface area contributed by atoms with E-state index in [2.05, 4.69) is 14.7 Å². The van der Waals surface area contributed by atoms with E-state index in [0.29, 0.717) is 35.2 Å². The van der Waals surface area contributed by atoms with Crippen molar-refractivity contribution in [2.24, 2.45) is 0 Å². The number of hydrogen-bond donors (Lipinski definition) is 2. The SMILES string of the molecule is CCCCn1c(=O)n(Cc2ccccc2F)c(=O)c2[nH]c(Cc3ccc(NS(=O)(=O)c4ccc(Cl)s4)cc3)nc21. The average molecular weight is 602 g/mol. The van der Waals surface area contributed by atoms with Crippen LogP contribution in [0, 0.1) is 5.82 Å². The van der Waals surface area contributed by atoms with Crippen LogP contribution in [0.4, 0.5) is 10.1 Å². The van der Waals surface area contributed by atoms with Crippen LogP contribution in [0.2, 0.25) is 4.34 Å². The molecule has 0 radical (unpaired) electrons. The zero-order valence-corrected chi connectivity index (χ0v) is 23.7. The van der Waals surface area contributed by atoms with Crippen LogP contribution in [-0.4, -0.2) is 27.5 Å². The molecule has 2 aromatic carbocycles. The molecule has 0 fully saturated rings. The second-order valence-electron chi connectivity index (χ2n) is 9.19. The van der Waals surface area contributed by atoms with E-state index in [1.807, 2.05) is 6.92 Å². The van der Waals surface area contributed by atoms with E-state index in [-0.39, 0.29) is 27.5 Å². The minimum atomic E-state index is -3.76. The first kappa shape index (κ1) is 27.8. The first-order chi connectivity index (χ1) is 19.2. The molecule has 40 heavy (non-hydrogen) atoms. The van der Waals surface area contributed by atoms with E-state index in [1.165, 1.54) is 22.8 Å². The summed E-state index contributed by atoms with van der Waals surface area (Å²) in [4.78, 5) is 34.3. The van der Waals surface area contributed by atoms with Gasteiger partial charge in [0.05, 0.1) is 10.9 Å². The smallest absolute Gasteiger partial charge is 0.333 e. The van der Waals surface area contributed by atoms with Crippen molar-refractivity contribution in [3.05, 3.63) is 109 Å². The highest BCUT2D eigenvalue weighted by atomic mass is 35.5. The fraction of sp³-hybridized carbons (Fsp3) is 0.222. The van der Waals surface area contributed by atoms with Crippen molar-refractivity contribution in [3.63, 3.8) is 0 Å². The van der Waals surface area contributed by atoms with Gasteiger partial charge < -0.3 is 4.98 Å². The summed E-state index contributed by atoms with van der Waals surface area (Å²) in [5.41, 5.74) is 0.714. The van der Waals surface area contributed by atoms with Crippen molar-refractivity contribution in [2.45, 2.75) is 43.5 Å². The quantitative estimate of drug-likeness (QED) is 0.234. The molecule has 0 aliphatic carbocycles. The van der Waals surface area contributed by atoms with E-state index in [1.54, 1.807) is 42.5 Å². The molecule has 0 saturated carbocycles. The number of imidazole rings is 1. The van der Waals surface area contributed by atoms with Gasteiger partial charge in [0.15, 0.2) is 5.65 Å². The molecule has 2 N–H and O–H groups in total. The van der Waals surface area contributed by atoms with Gasteiger partial charge in [-0.15, -0.1) is 11.3 Å². The molecule has 0 bridgehead atoms. The number of unbranched alkanes of at least 4 members (excludes halogenated alkanes) is 1. The summed E-state index contributed by atoms with van der Waals surface area (Å²) < 4.78 is 44.9. The van der Waals surface area contributed by atoms with Crippen molar-refractivity contribution in [1.29, 1.82) is 0 Å². The van der Waals surface area contributed by atoms with Crippen LogP contribution in [0.1, 0.15) is 36.7 Å². The topological polar surface area (TPSA) is 119 Å². The van der Waals surface area contributed by atoms with Crippen LogP contribution >= 0.6 is 22.9 Å². The molecule has 0 amide bonds. The zero-order valence-electron chi connectivity index (χ0n) is 21.4. The van der Waals surface area contributed by atoms with E-state index in [9.17, 15) is 22.4 Å². The van der Waals surface area contributed by atoms with Crippen LogP contribution in [0.25, 0.3) is 11.2 Å². The molecule has 3 aromatic heterocycles. The molecule has 5 rings (SSSR count). The lowest BCUT2D eigenvalue weighted by Crippen LogP contribution is -2.40. The Morgan fingerprint density at radius 3 is 2.48 bits per heavy atom. The normalized spacial score (nSPS) is 11.8. The lowest BCUT2D eigenvalue weighted by Gasteiger charge is -2.11. The molecular formula is C27H25ClFN5O4S2. The number of aromatic nitrogens is 4. The molecule has 0 aliphatic heterocycles. The average Bonchev–Trinajstić information content (AvgIpc) is 3.56. The number of rotatable bonds is 10. The summed E-state index contributed by atoms with van der Waals surface area (Å²) in [5, 5.41) is 0. The molecule has 9 nitrogen and oxygen atoms in total.